The number of nitrogens with one attached hydrogen (secondary N) is 1. The molecule has 1 amide bonds. The number of thiophene rings is 1. The number of anilines is 1. The lowest BCUT2D eigenvalue weighted by molar-refractivity contribution is -0.382. The zero-order valence-corrected chi connectivity index (χ0v) is 15.8. The SMILES string of the molecule is O=C(Nc1nc2c(Cl)cccc2s1)c1sc2c([N+](=O)[O-])cccc2c1Cl. The summed E-state index contributed by atoms with van der Waals surface area (Å²) in [6, 6.07) is 9.94. The highest BCUT2D eigenvalue weighted by molar-refractivity contribution is 7.23. The van der Waals surface area contributed by atoms with Gasteiger partial charge >= 0.3 is 0 Å². The number of rotatable bonds is 3. The molecule has 4 aromatic rings. The molecule has 26 heavy (non-hydrogen) atoms. The number of nitro benzene ring substituents is 1. The number of non-ortho nitro benzene ring substituents is 1. The topological polar surface area (TPSA) is 85.1 Å². The number of nitro groups is 1. The van der Waals surface area contributed by atoms with E-state index in [0.29, 0.717) is 25.8 Å². The summed E-state index contributed by atoms with van der Waals surface area (Å²) < 4.78 is 1.20. The van der Waals surface area contributed by atoms with Crippen molar-refractivity contribution in [3.8, 4) is 0 Å². The van der Waals surface area contributed by atoms with Crippen molar-refractivity contribution in [2.45, 2.75) is 0 Å². The highest BCUT2D eigenvalue weighted by Crippen LogP contribution is 2.40. The quantitative estimate of drug-likeness (QED) is 0.324. The van der Waals surface area contributed by atoms with Crippen molar-refractivity contribution in [1.29, 1.82) is 0 Å². The molecule has 6 nitrogen and oxygen atoms in total. The molecule has 0 aliphatic carbocycles. The number of para-hydroxylation sites is 1. The third-order valence-electron chi connectivity index (χ3n) is 3.63. The molecule has 0 bridgehead atoms. The number of carbonyl (C=O) groups is 1. The monoisotopic (exact) mass is 423 g/mol. The van der Waals surface area contributed by atoms with Crippen molar-refractivity contribution in [2.75, 3.05) is 5.32 Å². The third kappa shape index (κ3) is 2.80. The van der Waals surface area contributed by atoms with Gasteiger partial charge in [-0.05, 0) is 12.1 Å². The average molecular weight is 424 g/mol. The molecule has 2 aromatic carbocycles. The molecule has 10 heteroatoms. The van der Waals surface area contributed by atoms with Crippen LogP contribution in [0.15, 0.2) is 36.4 Å². The fourth-order valence-electron chi connectivity index (χ4n) is 2.49. The lowest BCUT2D eigenvalue weighted by atomic mass is 10.2. The summed E-state index contributed by atoms with van der Waals surface area (Å²) in [5.41, 5.74) is 0.521. The fraction of sp³-hybridized carbons (Fsp3) is 0. The van der Waals surface area contributed by atoms with Crippen LogP contribution in [0.1, 0.15) is 9.67 Å². The number of nitrogens with zero attached hydrogens (tertiary/aromatic N) is 2. The maximum Gasteiger partial charge on any atom is 0.287 e. The van der Waals surface area contributed by atoms with Crippen molar-refractivity contribution in [3.05, 3.63) is 61.4 Å². The van der Waals surface area contributed by atoms with Gasteiger partial charge in [-0.15, -0.1) is 11.3 Å². The zero-order valence-electron chi connectivity index (χ0n) is 12.7. The van der Waals surface area contributed by atoms with E-state index in [1.54, 1.807) is 18.2 Å². The Hall–Kier alpha value is -2.26. The van der Waals surface area contributed by atoms with Crippen molar-refractivity contribution >= 4 is 82.9 Å². The number of fused-ring (bicyclic) bond motifs is 2. The van der Waals surface area contributed by atoms with Gasteiger partial charge in [-0.25, -0.2) is 4.98 Å². The summed E-state index contributed by atoms with van der Waals surface area (Å²) in [7, 11) is 0. The first-order valence-corrected chi connectivity index (χ1v) is 9.56. The highest BCUT2D eigenvalue weighted by Gasteiger charge is 2.23. The molecule has 0 radical (unpaired) electrons. The minimum absolute atomic E-state index is 0.0831. The second-order valence-corrected chi connectivity index (χ2v) is 8.05. The number of halogens is 2. The summed E-state index contributed by atoms with van der Waals surface area (Å²) in [5, 5.41) is 15.4. The molecule has 0 spiro atoms. The summed E-state index contributed by atoms with van der Waals surface area (Å²) in [6.07, 6.45) is 0. The highest BCUT2D eigenvalue weighted by atomic mass is 35.5. The van der Waals surface area contributed by atoms with Gasteiger partial charge in [0.1, 0.15) is 15.1 Å². The lowest BCUT2D eigenvalue weighted by Crippen LogP contribution is -2.10. The Bertz CT molecular complexity index is 1200. The van der Waals surface area contributed by atoms with Crippen molar-refractivity contribution in [1.82, 2.24) is 4.98 Å². The Labute approximate surface area is 164 Å². The van der Waals surface area contributed by atoms with Gasteiger partial charge in [-0.3, -0.25) is 20.2 Å². The van der Waals surface area contributed by atoms with Gasteiger partial charge in [0, 0.05) is 11.5 Å². The van der Waals surface area contributed by atoms with E-state index in [1.807, 2.05) is 6.07 Å². The maximum atomic E-state index is 12.6. The van der Waals surface area contributed by atoms with Gasteiger partial charge in [-0.2, -0.15) is 0 Å². The van der Waals surface area contributed by atoms with Gasteiger partial charge in [-0.1, -0.05) is 52.7 Å². The Balaban J connectivity index is 1.74. The van der Waals surface area contributed by atoms with Crippen LogP contribution in [0.4, 0.5) is 10.8 Å². The van der Waals surface area contributed by atoms with Crippen molar-refractivity contribution in [2.24, 2.45) is 0 Å². The molecule has 2 heterocycles. The van der Waals surface area contributed by atoms with Crippen LogP contribution < -0.4 is 5.32 Å². The van der Waals surface area contributed by atoms with Crippen LogP contribution in [0.5, 0.6) is 0 Å². The second-order valence-electron chi connectivity index (χ2n) is 5.22. The Morgan fingerprint density at radius 1 is 1.15 bits per heavy atom. The smallest absolute Gasteiger partial charge is 0.287 e. The summed E-state index contributed by atoms with van der Waals surface area (Å²) >= 11 is 14.6. The fourth-order valence-corrected chi connectivity index (χ4v) is 5.14. The zero-order chi connectivity index (χ0) is 18.4. The van der Waals surface area contributed by atoms with Crippen LogP contribution in [-0.4, -0.2) is 15.8 Å². The number of aromatic nitrogens is 1. The van der Waals surface area contributed by atoms with E-state index in [4.69, 9.17) is 23.2 Å². The van der Waals surface area contributed by atoms with E-state index in [0.717, 1.165) is 16.0 Å². The molecule has 2 aromatic heterocycles. The number of hydrogen-bond acceptors (Lipinski definition) is 6. The molecular weight excluding hydrogens is 417 g/mol. The second kappa shape index (κ2) is 6.48. The predicted molar refractivity (Wildman–Crippen MR) is 106 cm³/mol. The van der Waals surface area contributed by atoms with Gasteiger partial charge in [0.05, 0.1) is 19.7 Å². The van der Waals surface area contributed by atoms with E-state index < -0.39 is 10.8 Å². The normalized spacial score (nSPS) is 11.2. The van der Waals surface area contributed by atoms with Crippen LogP contribution in [0.25, 0.3) is 20.3 Å². The van der Waals surface area contributed by atoms with Gasteiger partial charge in [0.2, 0.25) is 0 Å². The molecule has 0 fully saturated rings. The average Bonchev–Trinajstić information content (AvgIpc) is 3.16. The van der Waals surface area contributed by atoms with Crippen LogP contribution >= 0.6 is 45.9 Å². The van der Waals surface area contributed by atoms with E-state index in [1.165, 1.54) is 23.5 Å². The van der Waals surface area contributed by atoms with E-state index >= 15 is 0 Å². The van der Waals surface area contributed by atoms with E-state index in [2.05, 4.69) is 10.3 Å². The summed E-state index contributed by atoms with van der Waals surface area (Å²) in [4.78, 5) is 27.8. The third-order valence-corrected chi connectivity index (χ3v) is 6.60. The van der Waals surface area contributed by atoms with Crippen LogP contribution in [0.3, 0.4) is 0 Å². The first kappa shape index (κ1) is 17.2. The van der Waals surface area contributed by atoms with Crippen LogP contribution in [-0.2, 0) is 0 Å². The molecular formula is C16H7Cl2N3O3S2. The van der Waals surface area contributed by atoms with E-state index in [-0.39, 0.29) is 15.6 Å². The molecule has 4 rings (SSSR count). The standard InChI is InChI=1S/C16H7Cl2N3O3S2/c17-8-4-2-6-10-12(8)19-16(25-10)20-15(22)14-11(18)7-3-1-5-9(21(23)24)13(7)26-14/h1-6H,(H,19,20,22). The first-order chi connectivity index (χ1) is 12.5. The minimum atomic E-state index is -0.494. The number of amides is 1. The van der Waals surface area contributed by atoms with Crippen LogP contribution in [0.2, 0.25) is 10.0 Å². The molecule has 0 aliphatic rings. The number of thiazole rings is 1. The van der Waals surface area contributed by atoms with Gasteiger partial charge in [0.25, 0.3) is 11.6 Å². The van der Waals surface area contributed by atoms with Gasteiger partial charge in [0.15, 0.2) is 5.13 Å². The largest absolute Gasteiger partial charge is 0.297 e. The van der Waals surface area contributed by atoms with Crippen molar-refractivity contribution < 1.29 is 9.72 Å². The lowest BCUT2D eigenvalue weighted by Gasteiger charge is -1.98. The summed E-state index contributed by atoms with van der Waals surface area (Å²) in [6.45, 7) is 0. The number of carbonyl (C=O) groups excluding carboxylic acids is 1. The van der Waals surface area contributed by atoms with Gasteiger partial charge < -0.3 is 0 Å². The predicted octanol–water partition coefficient (Wildman–Crippen LogP) is 5.98. The summed E-state index contributed by atoms with van der Waals surface area (Å²) in [5.74, 6) is -0.472. The number of benzene rings is 2. The number of hydrogen-bond donors (Lipinski definition) is 1. The minimum Gasteiger partial charge on any atom is -0.297 e. The van der Waals surface area contributed by atoms with E-state index in [9.17, 15) is 14.9 Å². The first-order valence-electron chi connectivity index (χ1n) is 7.17. The maximum absolute atomic E-state index is 12.6. The molecule has 0 saturated carbocycles. The van der Waals surface area contributed by atoms with Crippen molar-refractivity contribution in [3.63, 3.8) is 0 Å². The Morgan fingerprint density at radius 2 is 1.92 bits per heavy atom. The Kier molecular flexibility index (Phi) is 4.28. The van der Waals surface area contributed by atoms with Crippen LogP contribution in [0, 0.1) is 10.1 Å². The molecule has 0 unspecified atom stereocenters. The Morgan fingerprint density at radius 3 is 2.65 bits per heavy atom. The molecule has 0 atom stereocenters. The molecule has 130 valence electrons. The molecule has 1 N–H and O–H groups in total. The molecule has 0 saturated heterocycles. The molecule has 0 aliphatic heterocycles.